The summed E-state index contributed by atoms with van der Waals surface area (Å²) >= 11 is 0. The number of aliphatic imine (C=N–C) groups is 2. The first-order valence-corrected chi connectivity index (χ1v) is 10.4. The molecule has 0 radical (unpaired) electrons. The zero-order valence-corrected chi connectivity index (χ0v) is 15.9. The van der Waals surface area contributed by atoms with Crippen LogP contribution in [0.3, 0.4) is 0 Å². The van der Waals surface area contributed by atoms with E-state index in [-0.39, 0.29) is 22.6 Å². The molecule has 4 rings (SSSR count). The minimum Gasteiger partial charge on any atom is -0.507 e. The van der Waals surface area contributed by atoms with Crippen molar-refractivity contribution in [1.29, 1.82) is 0 Å². The first-order chi connectivity index (χ1) is 13.2. The fraction of sp³-hybridized carbons (Fsp3) is 0.333. The molecular weight excluding hydrogens is 382 g/mol. The standard InChI is InChI=1S/C18H21N5O4S/c19-16-21-17(20)23(18(22-16)6-2-1-3-7-18)12-4-5-14-11(8-12)9-13(10-15(14)24)28(25,26)27/h4-5,8-10,24H,1-3,6-7H2,(H,25,26,27)(H4,19,20,21,22). The van der Waals surface area contributed by atoms with Crippen LogP contribution in [0.2, 0.25) is 0 Å². The number of rotatable bonds is 2. The van der Waals surface area contributed by atoms with Crippen LogP contribution in [0.25, 0.3) is 10.8 Å². The zero-order valence-electron chi connectivity index (χ0n) is 15.0. The van der Waals surface area contributed by atoms with Crippen molar-refractivity contribution >= 4 is 38.5 Å². The van der Waals surface area contributed by atoms with Crippen molar-refractivity contribution < 1.29 is 18.1 Å². The average molecular weight is 403 g/mol. The Hall–Kier alpha value is -2.85. The van der Waals surface area contributed by atoms with Gasteiger partial charge in [-0.05, 0) is 55.3 Å². The lowest BCUT2D eigenvalue weighted by Gasteiger charge is -2.45. The summed E-state index contributed by atoms with van der Waals surface area (Å²) in [6, 6.07) is 7.45. The number of phenols is 1. The van der Waals surface area contributed by atoms with Gasteiger partial charge in [0.05, 0.1) is 4.90 Å². The number of phenolic OH excluding ortho intramolecular Hbond substituents is 1. The molecule has 10 heteroatoms. The van der Waals surface area contributed by atoms with Crippen molar-refractivity contribution in [2.24, 2.45) is 21.5 Å². The van der Waals surface area contributed by atoms with Gasteiger partial charge in [0.25, 0.3) is 10.1 Å². The Morgan fingerprint density at radius 2 is 1.79 bits per heavy atom. The number of benzene rings is 2. The van der Waals surface area contributed by atoms with Gasteiger partial charge in [0.1, 0.15) is 11.4 Å². The fourth-order valence-electron chi connectivity index (χ4n) is 4.09. The van der Waals surface area contributed by atoms with E-state index in [1.807, 2.05) is 4.90 Å². The Bertz CT molecular complexity index is 1120. The molecule has 2 aliphatic rings. The second-order valence-electron chi connectivity index (χ2n) is 7.14. The van der Waals surface area contributed by atoms with Crippen LogP contribution in [0, 0.1) is 0 Å². The molecular formula is C18H21N5O4S. The number of aromatic hydroxyl groups is 1. The second-order valence-corrected chi connectivity index (χ2v) is 8.56. The molecule has 1 spiro atoms. The van der Waals surface area contributed by atoms with E-state index in [9.17, 15) is 18.1 Å². The van der Waals surface area contributed by atoms with E-state index in [0.717, 1.165) is 38.2 Å². The minimum absolute atomic E-state index is 0.141. The highest BCUT2D eigenvalue weighted by Gasteiger charge is 2.42. The largest absolute Gasteiger partial charge is 0.507 e. The number of anilines is 1. The van der Waals surface area contributed by atoms with Crippen molar-refractivity contribution in [3.05, 3.63) is 30.3 Å². The maximum atomic E-state index is 11.5. The summed E-state index contributed by atoms with van der Waals surface area (Å²) in [5, 5.41) is 11.1. The van der Waals surface area contributed by atoms with E-state index in [1.54, 1.807) is 18.2 Å². The van der Waals surface area contributed by atoms with Crippen LogP contribution in [0.5, 0.6) is 5.75 Å². The lowest BCUT2D eigenvalue weighted by Crippen LogP contribution is -2.58. The van der Waals surface area contributed by atoms with Crippen molar-refractivity contribution in [3.8, 4) is 5.75 Å². The SMILES string of the molecule is NC1=NC2(CCCCC2)N(c2ccc3c(O)cc(S(=O)(=O)O)cc3c2)C(N)=N1. The molecule has 0 bridgehead atoms. The molecule has 2 aromatic rings. The van der Waals surface area contributed by atoms with Gasteiger partial charge in [-0.1, -0.05) is 6.42 Å². The molecule has 1 fully saturated rings. The van der Waals surface area contributed by atoms with Gasteiger partial charge in [-0.3, -0.25) is 9.45 Å². The van der Waals surface area contributed by atoms with Crippen molar-refractivity contribution in [1.82, 2.24) is 0 Å². The minimum atomic E-state index is -4.46. The third-order valence-electron chi connectivity index (χ3n) is 5.30. The van der Waals surface area contributed by atoms with Crippen LogP contribution in [-0.4, -0.2) is 35.7 Å². The summed E-state index contributed by atoms with van der Waals surface area (Å²) in [5.41, 5.74) is 12.1. The summed E-state index contributed by atoms with van der Waals surface area (Å²) < 4.78 is 32.4. The molecule has 0 saturated heterocycles. The van der Waals surface area contributed by atoms with Crippen LogP contribution in [-0.2, 0) is 10.1 Å². The molecule has 1 heterocycles. The van der Waals surface area contributed by atoms with Gasteiger partial charge in [-0.25, -0.2) is 4.99 Å². The quantitative estimate of drug-likeness (QED) is 0.558. The van der Waals surface area contributed by atoms with Gasteiger partial charge in [0.15, 0.2) is 0 Å². The maximum Gasteiger partial charge on any atom is 0.294 e. The Kier molecular flexibility index (Phi) is 4.20. The highest BCUT2D eigenvalue weighted by Crippen LogP contribution is 2.41. The molecule has 9 nitrogen and oxygen atoms in total. The second kappa shape index (κ2) is 6.35. The number of fused-ring (bicyclic) bond motifs is 1. The van der Waals surface area contributed by atoms with Gasteiger partial charge < -0.3 is 16.6 Å². The summed E-state index contributed by atoms with van der Waals surface area (Å²) in [4.78, 5) is 10.1. The monoisotopic (exact) mass is 403 g/mol. The Morgan fingerprint density at radius 1 is 1.07 bits per heavy atom. The van der Waals surface area contributed by atoms with Crippen LogP contribution < -0.4 is 16.4 Å². The van der Waals surface area contributed by atoms with E-state index < -0.39 is 15.8 Å². The molecule has 1 saturated carbocycles. The molecule has 0 amide bonds. The molecule has 0 atom stereocenters. The lowest BCUT2D eigenvalue weighted by atomic mass is 9.87. The number of hydrogen-bond acceptors (Lipinski definition) is 8. The van der Waals surface area contributed by atoms with Gasteiger partial charge in [-0.15, -0.1) is 0 Å². The summed E-state index contributed by atoms with van der Waals surface area (Å²) in [5.74, 6) is 0.109. The normalized spacial score (nSPS) is 19.5. The highest BCUT2D eigenvalue weighted by molar-refractivity contribution is 7.85. The molecule has 1 aliphatic heterocycles. The molecule has 1 aliphatic carbocycles. The van der Waals surface area contributed by atoms with Gasteiger partial charge in [0.2, 0.25) is 11.9 Å². The van der Waals surface area contributed by atoms with E-state index in [4.69, 9.17) is 11.5 Å². The molecule has 0 unspecified atom stereocenters. The summed E-state index contributed by atoms with van der Waals surface area (Å²) in [7, 11) is -4.46. The third kappa shape index (κ3) is 3.04. The molecule has 0 aromatic heterocycles. The maximum absolute atomic E-state index is 11.5. The first kappa shape index (κ1) is 18.5. The molecule has 6 N–H and O–H groups in total. The van der Waals surface area contributed by atoms with Crippen molar-refractivity contribution in [2.45, 2.75) is 42.7 Å². The molecule has 28 heavy (non-hydrogen) atoms. The predicted molar refractivity (Wildman–Crippen MR) is 107 cm³/mol. The number of hydrogen-bond donors (Lipinski definition) is 4. The highest BCUT2D eigenvalue weighted by atomic mass is 32.2. The van der Waals surface area contributed by atoms with Crippen LogP contribution in [0.4, 0.5) is 5.69 Å². The van der Waals surface area contributed by atoms with Crippen LogP contribution >= 0.6 is 0 Å². The molecule has 148 valence electrons. The van der Waals surface area contributed by atoms with E-state index in [2.05, 4.69) is 9.98 Å². The first-order valence-electron chi connectivity index (χ1n) is 8.94. The van der Waals surface area contributed by atoms with Crippen LogP contribution in [0.1, 0.15) is 32.1 Å². The van der Waals surface area contributed by atoms with Gasteiger partial charge in [0, 0.05) is 17.1 Å². The lowest BCUT2D eigenvalue weighted by molar-refractivity contribution is 0.305. The fourth-order valence-corrected chi connectivity index (χ4v) is 4.63. The van der Waals surface area contributed by atoms with Crippen LogP contribution in [0.15, 0.2) is 45.2 Å². The third-order valence-corrected chi connectivity index (χ3v) is 6.13. The topological polar surface area (TPSA) is 155 Å². The van der Waals surface area contributed by atoms with Gasteiger partial charge >= 0.3 is 0 Å². The number of nitrogens with zero attached hydrogens (tertiary/aromatic N) is 3. The van der Waals surface area contributed by atoms with E-state index >= 15 is 0 Å². The van der Waals surface area contributed by atoms with Crippen molar-refractivity contribution in [2.75, 3.05) is 4.90 Å². The Balaban J connectivity index is 1.88. The number of nitrogens with two attached hydrogens (primary N) is 2. The van der Waals surface area contributed by atoms with E-state index in [0.29, 0.717) is 16.5 Å². The van der Waals surface area contributed by atoms with Gasteiger partial charge in [-0.2, -0.15) is 13.4 Å². The Morgan fingerprint density at radius 3 is 2.46 bits per heavy atom. The average Bonchev–Trinajstić information content (AvgIpc) is 2.60. The number of guanidine groups is 2. The summed E-state index contributed by atoms with van der Waals surface area (Å²) in [6.07, 6.45) is 4.57. The smallest absolute Gasteiger partial charge is 0.294 e. The zero-order chi connectivity index (χ0) is 20.1. The molecule has 2 aromatic carbocycles. The van der Waals surface area contributed by atoms with Crippen molar-refractivity contribution in [3.63, 3.8) is 0 Å². The Labute approximate surface area is 162 Å². The summed E-state index contributed by atoms with van der Waals surface area (Å²) in [6.45, 7) is 0. The predicted octanol–water partition coefficient (Wildman–Crippen LogP) is 1.90. The van der Waals surface area contributed by atoms with E-state index in [1.165, 1.54) is 6.07 Å².